The van der Waals surface area contributed by atoms with E-state index < -0.39 is 29.6 Å². The summed E-state index contributed by atoms with van der Waals surface area (Å²) in [6.45, 7) is 3.55. The van der Waals surface area contributed by atoms with E-state index >= 15 is 0 Å². The van der Waals surface area contributed by atoms with E-state index in [2.05, 4.69) is 4.98 Å². The van der Waals surface area contributed by atoms with Crippen LogP contribution in [-0.2, 0) is 19.1 Å². The van der Waals surface area contributed by atoms with E-state index in [9.17, 15) is 14.4 Å². The zero-order chi connectivity index (χ0) is 18.9. The lowest BCUT2D eigenvalue weighted by molar-refractivity contribution is -0.155. The van der Waals surface area contributed by atoms with Gasteiger partial charge in [-0.2, -0.15) is 0 Å². The Hall–Kier alpha value is -3.02. The van der Waals surface area contributed by atoms with E-state index in [1.165, 1.54) is 12.4 Å². The second-order valence-corrected chi connectivity index (χ2v) is 5.48. The molecule has 0 N–H and O–H groups in total. The second-order valence-electron chi connectivity index (χ2n) is 5.48. The summed E-state index contributed by atoms with van der Waals surface area (Å²) < 4.78 is 10.2. The summed E-state index contributed by atoms with van der Waals surface area (Å²) in [5.41, 5.74) is 0.747. The molecule has 0 spiro atoms. The fourth-order valence-corrected chi connectivity index (χ4v) is 2.67. The molecule has 2 atom stereocenters. The Labute approximate surface area is 152 Å². The number of ether oxygens (including phenoxy) is 2. The normalized spacial score (nSPS) is 12.7. The number of carbonyl (C=O) groups is 3. The predicted molar refractivity (Wildman–Crippen MR) is 94.5 cm³/mol. The molecular weight excluding hydrogens is 334 g/mol. The van der Waals surface area contributed by atoms with Crippen molar-refractivity contribution in [3.05, 3.63) is 66.0 Å². The quantitative estimate of drug-likeness (QED) is 0.411. The first kappa shape index (κ1) is 19.3. The Morgan fingerprint density at radius 2 is 1.58 bits per heavy atom. The lowest BCUT2D eigenvalue weighted by atomic mass is 9.81. The van der Waals surface area contributed by atoms with Gasteiger partial charge in [-0.05, 0) is 31.5 Å². The van der Waals surface area contributed by atoms with E-state index in [-0.39, 0.29) is 18.8 Å². The number of aromatic nitrogens is 1. The van der Waals surface area contributed by atoms with Crippen molar-refractivity contribution in [2.75, 3.05) is 13.2 Å². The minimum atomic E-state index is -1.35. The van der Waals surface area contributed by atoms with Crippen LogP contribution in [0.4, 0.5) is 0 Å². The number of nitrogens with zero attached hydrogens (tertiary/aromatic N) is 1. The molecule has 0 aliphatic rings. The Kier molecular flexibility index (Phi) is 7.02. The van der Waals surface area contributed by atoms with E-state index in [1.807, 2.05) is 0 Å². The zero-order valence-electron chi connectivity index (χ0n) is 14.8. The van der Waals surface area contributed by atoms with Gasteiger partial charge >= 0.3 is 11.9 Å². The summed E-state index contributed by atoms with van der Waals surface area (Å²) in [5, 5.41) is 0. The lowest BCUT2D eigenvalue weighted by Crippen LogP contribution is -2.36. The molecule has 6 heteroatoms. The average molecular weight is 355 g/mol. The molecule has 0 radical (unpaired) electrons. The van der Waals surface area contributed by atoms with Crippen molar-refractivity contribution in [3.63, 3.8) is 0 Å². The third kappa shape index (κ3) is 4.53. The number of esters is 2. The summed E-state index contributed by atoms with van der Waals surface area (Å²) in [6, 6.07) is 11.8. The molecule has 136 valence electrons. The van der Waals surface area contributed by atoms with Crippen LogP contribution in [0.5, 0.6) is 0 Å². The van der Waals surface area contributed by atoms with E-state index in [0.29, 0.717) is 5.56 Å². The van der Waals surface area contributed by atoms with Crippen LogP contribution < -0.4 is 0 Å². The molecule has 0 bridgehead atoms. The fourth-order valence-electron chi connectivity index (χ4n) is 2.67. The summed E-state index contributed by atoms with van der Waals surface area (Å²) >= 11 is 0. The fraction of sp³-hybridized carbons (Fsp3) is 0.300. The highest BCUT2D eigenvalue weighted by Gasteiger charge is 2.42. The van der Waals surface area contributed by atoms with Crippen molar-refractivity contribution < 1.29 is 23.9 Å². The Morgan fingerprint density at radius 3 is 2.15 bits per heavy atom. The van der Waals surface area contributed by atoms with Gasteiger partial charge in [0.15, 0.2) is 5.78 Å². The standard InChI is InChI=1S/C20H21NO5/c1-3-25-19(23)16(14-9-6-5-7-10-14)17(20(24)26-4-2)18(22)15-11-8-12-21-13-15/h5-13,16-17H,3-4H2,1-2H3/t16-,17-/m0/s1. The minimum absolute atomic E-state index is 0.0972. The number of benzene rings is 1. The summed E-state index contributed by atoms with van der Waals surface area (Å²) in [7, 11) is 0. The highest BCUT2D eigenvalue weighted by Crippen LogP contribution is 2.30. The van der Waals surface area contributed by atoms with Crippen LogP contribution in [0.1, 0.15) is 35.7 Å². The highest BCUT2D eigenvalue weighted by atomic mass is 16.5. The van der Waals surface area contributed by atoms with Gasteiger partial charge in [0.25, 0.3) is 0 Å². The zero-order valence-corrected chi connectivity index (χ0v) is 14.8. The molecule has 0 aliphatic heterocycles. The van der Waals surface area contributed by atoms with Crippen molar-refractivity contribution in [2.24, 2.45) is 5.92 Å². The second kappa shape index (κ2) is 9.46. The summed E-state index contributed by atoms with van der Waals surface area (Å²) in [6.07, 6.45) is 2.89. The van der Waals surface area contributed by atoms with Gasteiger partial charge < -0.3 is 9.47 Å². The summed E-state index contributed by atoms with van der Waals surface area (Å²) in [5.74, 6) is -4.38. The van der Waals surface area contributed by atoms with Crippen molar-refractivity contribution in [1.82, 2.24) is 4.98 Å². The molecule has 2 rings (SSSR count). The van der Waals surface area contributed by atoms with Gasteiger partial charge in [0, 0.05) is 18.0 Å². The van der Waals surface area contributed by atoms with Crippen LogP contribution in [0.25, 0.3) is 0 Å². The first-order valence-corrected chi connectivity index (χ1v) is 8.42. The molecule has 2 aromatic rings. The average Bonchev–Trinajstić information content (AvgIpc) is 2.67. The van der Waals surface area contributed by atoms with Crippen molar-refractivity contribution in [1.29, 1.82) is 0 Å². The van der Waals surface area contributed by atoms with Crippen molar-refractivity contribution >= 4 is 17.7 Å². The van der Waals surface area contributed by atoms with Crippen LogP contribution in [0, 0.1) is 5.92 Å². The van der Waals surface area contributed by atoms with E-state index in [0.717, 1.165) is 0 Å². The smallest absolute Gasteiger partial charge is 0.318 e. The Morgan fingerprint density at radius 1 is 0.923 bits per heavy atom. The topological polar surface area (TPSA) is 82.6 Å². The molecule has 0 saturated heterocycles. The molecule has 1 aromatic heterocycles. The van der Waals surface area contributed by atoms with Gasteiger partial charge in [-0.15, -0.1) is 0 Å². The number of ketones is 1. The Balaban J connectivity index is 2.52. The minimum Gasteiger partial charge on any atom is -0.465 e. The number of hydrogen-bond donors (Lipinski definition) is 0. The molecule has 0 fully saturated rings. The van der Waals surface area contributed by atoms with E-state index in [4.69, 9.17) is 9.47 Å². The van der Waals surface area contributed by atoms with Gasteiger partial charge in [0.05, 0.1) is 13.2 Å². The molecule has 0 amide bonds. The number of hydrogen-bond acceptors (Lipinski definition) is 6. The third-order valence-electron chi connectivity index (χ3n) is 3.80. The number of carbonyl (C=O) groups excluding carboxylic acids is 3. The molecule has 0 aliphatic carbocycles. The first-order valence-electron chi connectivity index (χ1n) is 8.42. The van der Waals surface area contributed by atoms with Crippen molar-refractivity contribution in [3.8, 4) is 0 Å². The van der Waals surface area contributed by atoms with Gasteiger partial charge in [-0.1, -0.05) is 30.3 Å². The lowest BCUT2D eigenvalue weighted by Gasteiger charge is -2.23. The van der Waals surface area contributed by atoms with Crippen LogP contribution in [-0.4, -0.2) is 35.9 Å². The number of pyridine rings is 1. The van der Waals surface area contributed by atoms with Crippen molar-refractivity contribution in [2.45, 2.75) is 19.8 Å². The Bertz CT molecular complexity index is 745. The first-order chi connectivity index (χ1) is 12.6. The largest absolute Gasteiger partial charge is 0.465 e. The maximum Gasteiger partial charge on any atom is 0.318 e. The molecule has 0 saturated carbocycles. The van der Waals surface area contributed by atoms with E-state index in [1.54, 1.807) is 56.3 Å². The SMILES string of the molecule is CCOC(=O)[C@H](C(=O)c1cccnc1)[C@@H](C(=O)OCC)c1ccccc1. The number of Topliss-reactive ketones (excluding diaryl/α,β-unsaturated/α-hetero) is 1. The highest BCUT2D eigenvalue weighted by molar-refractivity contribution is 6.11. The molecular formula is C20H21NO5. The van der Waals surface area contributed by atoms with Gasteiger partial charge in [0.1, 0.15) is 11.8 Å². The molecule has 1 heterocycles. The number of rotatable bonds is 8. The van der Waals surface area contributed by atoms with Crippen LogP contribution in [0.15, 0.2) is 54.9 Å². The molecule has 1 aromatic carbocycles. The predicted octanol–water partition coefficient (Wildman–Crippen LogP) is 2.79. The molecule has 0 unspecified atom stereocenters. The van der Waals surface area contributed by atoms with Gasteiger partial charge in [-0.25, -0.2) is 0 Å². The maximum atomic E-state index is 13.0. The molecule has 6 nitrogen and oxygen atoms in total. The van der Waals surface area contributed by atoms with Crippen LogP contribution >= 0.6 is 0 Å². The van der Waals surface area contributed by atoms with Crippen LogP contribution in [0.2, 0.25) is 0 Å². The monoisotopic (exact) mass is 355 g/mol. The summed E-state index contributed by atoms with van der Waals surface area (Å²) in [4.78, 5) is 42.2. The maximum absolute atomic E-state index is 13.0. The molecule has 26 heavy (non-hydrogen) atoms. The van der Waals surface area contributed by atoms with Gasteiger partial charge in [-0.3, -0.25) is 19.4 Å². The third-order valence-corrected chi connectivity index (χ3v) is 3.80. The van der Waals surface area contributed by atoms with Gasteiger partial charge in [0.2, 0.25) is 0 Å². The van der Waals surface area contributed by atoms with Crippen LogP contribution in [0.3, 0.4) is 0 Å².